The van der Waals surface area contributed by atoms with Crippen LogP contribution in [-0.2, 0) is 11.0 Å². The zero-order chi connectivity index (χ0) is 12.8. The summed E-state index contributed by atoms with van der Waals surface area (Å²) in [7, 11) is -2.09. The van der Waals surface area contributed by atoms with Crippen molar-refractivity contribution in [2.75, 3.05) is 26.4 Å². The molecule has 0 aromatic heterocycles. The van der Waals surface area contributed by atoms with Gasteiger partial charge in [-0.15, -0.1) is 0 Å². The van der Waals surface area contributed by atoms with Crippen LogP contribution in [0.1, 0.15) is 18.4 Å². The van der Waals surface area contributed by atoms with Gasteiger partial charge in [0.05, 0.1) is 0 Å². The monoisotopic (exact) mass is 263 g/mol. The van der Waals surface area contributed by atoms with Crippen molar-refractivity contribution in [3.8, 4) is 0 Å². The molecular weight excluding hydrogens is 241 g/mol. The summed E-state index contributed by atoms with van der Waals surface area (Å²) in [5, 5.41) is 4.38. The van der Waals surface area contributed by atoms with Crippen LogP contribution in [0.15, 0.2) is 24.3 Å². The van der Waals surface area contributed by atoms with Gasteiger partial charge in [0.1, 0.15) is 7.14 Å². The third kappa shape index (κ3) is 2.29. The molecule has 2 aliphatic rings. The number of hydrogen-bond acceptors (Lipinski definition) is 2. The molecule has 1 aromatic rings. The summed E-state index contributed by atoms with van der Waals surface area (Å²) in [6.45, 7) is 6.14. The molecule has 3 rings (SSSR count). The van der Waals surface area contributed by atoms with E-state index < -0.39 is 7.14 Å². The molecule has 0 atom stereocenters. The maximum atomic E-state index is 11.9. The Labute approximate surface area is 110 Å². The van der Waals surface area contributed by atoms with Gasteiger partial charge in [-0.3, -0.25) is 0 Å². The zero-order valence-electron chi connectivity index (χ0n) is 11.3. The van der Waals surface area contributed by atoms with E-state index in [1.54, 1.807) is 0 Å². The van der Waals surface area contributed by atoms with Crippen molar-refractivity contribution in [1.29, 1.82) is 0 Å². The fraction of sp³-hybridized carbons (Fsp3) is 0.600. The van der Waals surface area contributed by atoms with Crippen molar-refractivity contribution >= 4 is 12.4 Å². The lowest BCUT2D eigenvalue weighted by atomic mass is 9.57. The summed E-state index contributed by atoms with van der Waals surface area (Å²) >= 11 is 0. The molecule has 3 heteroatoms. The average molecular weight is 263 g/mol. The highest BCUT2D eigenvalue weighted by molar-refractivity contribution is 7.70. The van der Waals surface area contributed by atoms with Crippen LogP contribution in [0, 0.1) is 11.3 Å². The first kappa shape index (κ1) is 12.4. The number of hydrogen-bond donors (Lipinski definition) is 1. The van der Waals surface area contributed by atoms with E-state index in [2.05, 4.69) is 29.6 Å². The fourth-order valence-electron chi connectivity index (χ4n) is 3.40. The second-order valence-electron chi connectivity index (χ2n) is 6.60. The Morgan fingerprint density at radius 2 is 1.83 bits per heavy atom. The molecule has 0 radical (unpaired) electrons. The Bertz CT molecular complexity index is 476. The van der Waals surface area contributed by atoms with Gasteiger partial charge < -0.3 is 9.88 Å². The van der Waals surface area contributed by atoms with E-state index in [1.807, 2.05) is 13.3 Å². The van der Waals surface area contributed by atoms with E-state index in [0.717, 1.165) is 11.2 Å². The molecule has 0 unspecified atom stereocenters. The van der Waals surface area contributed by atoms with Crippen LogP contribution in [0.25, 0.3) is 0 Å². The number of benzene rings is 1. The Morgan fingerprint density at radius 1 is 1.22 bits per heavy atom. The van der Waals surface area contributed by atoms with Gasteiger partial charge in [0.2, 0.25) is 0 Å². The smallest absolute Gasteiger partial charge is 0.109 e. The van der Waals surface area contributed by atoms with Gasteiger partial charge in [-0.25, -0.2) is 0 Å². The first-order valence-corrected chi connectivity index (χ1v) is 9.42. The molecular formula is C15H22NOP. The van der Waals surface area contributed by atoms with Gasteiger partial charge >= 0.3 is 0 Å². The summed E-state index contributed by atoms with van der Waals surface area (Å²) in [6, 6.07) is 8.43. The fourth-order valence-corrected chi connectivity index (χ4v) is 4.27. The van der Waals surface area contributed by atoms with E-state index in [4.69, 9.17) is 0 Å². The summed E-state index contributed by atoms with van der Waals surface area (Å²) in [5.41, 5.74) is 2.08. The summed E-state index contributed by atoms with van der Waals surface area (Å²) < 4.78 is 11.9. The Balaban J connectivity index is 1.59. The van der Waals surface area contributed by atoms with Gasteiger partial charge in [-0.1, -0.05) is 24.3 Å². The lowest BCUT2D eigenvalue weighted by molar-refractivity contribution is 0.000895. The second-order valence-corrected chi connectivity index (χ2v) is 9.82. The summed E-state index contributed by atoms with van der Waals surface area (Å²) in [4.78, 5) is 0. The molecule has 98 valence electrons. The topological polar surface area (TPSA) is 29.1 Å². The van der Waals surface area contributed by atoms with Crippen LogP contribution in [0.5, 0.6) is 0 Å². The van der Waals surface area contributed by atoms with Crippen LogP contribution in [0.2, 0.25) is 0 Å². The van der Waals surface area contributed by atoms with Crippen molar-refractivity contribution < 1.29 is 4.57 Å². The molecule has 18 heavy (non-hydrogen) atoms. The number of nitrogens with one attached hydrogen (secondary N) is 1. The van der Waals surface area contributed by atoms with Gasteiger partial charge in [-0.2, -0.15) is 0 Å². The third-order valence-corrected chi connectivity index (χ3v) is 6.07. The highest BCUT2D eigenvalue weighted by Crippen LogP contribution is 2.49. The molecule has 1 saturated carbocycles. The van der Waals surface area contributed by atoms with E-state index in [0.29, 0.717) is 5.41 Å². The largest absolute Gasteiger partial charge is 0.319 e. The maximum absolute atomic E-state index is 11.9. The minimum atomic E-state index is -2.09. The second kappa shape index (κ2) is 4.21. The molecule has 1 aromatic carbocycles. The Kier molecular flexibility index (Phi) is 2.91. The lowest BCUT2D eigenvalue weighted by Crippen LogP contribution is -2.60. The molecule has 2 fully saturated rings. The van der Waals surface area contributed by atoms with E-state index in [1.165, 1.54) is 37.9 Å². The van der Waals surface area contributed by atoms with Gasteiger partial charge in [-0.05, 0) is 49.5 Å². The van der Waals surface area contributed by atoms with Gasteiger partial charge in [0, 0.05) is 18.4 Å². The lowest BCUT2D eigenvalue weighted by Gasteiger charge is -2.54. The van der Waals surface area contributed by atoms with Crippen molar-refractivity contribution in [3.63, 3.8) is 0 Å². The molecule has 0 bridgehead atoms. The minimum absolute atomic E-state index is 0.674. The maximum Gasteiger partial charge on any atom is 0.109 e. The van der Waals surface area contributed by atoms with E-state index >= 15 is 0 Å². The molecule has 1 saturated heterocycles. The van der Waals surface area contributed by atoms with Gasteiger partial charge in [0.25, 0.3) is 0 Å². The molecule has 1 spiro atoms. The minimum Gasteiger partial charge on any atom is -0.319 e. The van der Waals surface area contributed by atoms with Gasteiger partial charge in [0.15, 0.2) is 0 Å². The SMILES string of the molecule is CP(C)(=O)c1ccc(CC2CC3(CNC3)C2)cc1. The van der Waals surface area contributed by atoms with E-state index in [-0.39, 0.29) is 0 Å². The predicted molar refractivity (Wildman–Crippen MR) is 77.3 cm³/mol. The highest BCUT2D eigenvalue weighted by atomic mass is 31.2. The van der Waals surface area contributed by atoms with Crippen LogP contribution in [0.4, 0.5) is 0 Å². The van der Waals surface area contributed by atoms with Crippen molar-refractivity contribution in [1.82, 2.24) is 5.32 Å². The van der Waals surface area contributed by atoms with Crippen molar-refractivity contribution in [2.45, 2.75) is 19.3 Å². The molecule has 1 aliphatic heterocycles. The van der Waals surface area contributed by atoms with Crippen LogP contribution in [0.3, 0.4) is 0 Å². The first-order valence-electron chi connectivity index (χ1n) is 6.82. The third-order valence-electron chi connectivity index (χ3n) is 4.53. The standard InChI is InChI=1S/C15H22NOP/c1-18(2,17)14-5-3-12(4-6-14)7-13-8-15(9-13)10-16-11-15/h3-6,13,16H,7-11H2,1-2H3. The average Bonchev–Trinajstić information content (AvgIpc) is 2.19. The predicted octanol–water partition coefficient (Wildman–Crippen LogP) is 2.48. The van der Waals surface area contributed by atoms with Crippen molar-refractivity contribution in [3.05, 3.63) is 29.8 Å². The van der Waals surface area contributed by atoms with Crippen LogP contribution in [-0.4, -0.2) is 26.4 Å². The molecule has 1 N–H and O–H groups in total. The van der Waals surface area contributed by atoms with Crippen LogP contribution >= 0.6 is 7.14 Å². The molecule has 1 aliphatic carbocycles. The quantitative estimate of drug-likeness (QED) is 0.849. The molecule has 1 heterocycles. The number of rotatable bonds is 3. The first-order chi connectivity index (χ1) is 8.47. The molecule has 0 amide bonds. The summed E-state index contributed by atoms with van der Waals surface area (Å²) in [5.74, 6) is 0.869. The zero-order valence-corrected chi connectivity index (χ0v) is 12.2. The van der Waals surface area contributed by atoms with E-state index in [9.17, 15) is 4.57 Å². The normalized spacial score (nSPS) is 22.6. The Morgan fingerprint density at radius 3 is 2.28 bits per heavy atom. The highest BCUT2D eigenvalue weighted by Gasteiger charge is 2.47. The van der Waals surface area contributed by atoms with Crippen molar-refractivity contribution in [2.24, 2.45) is 11.3 Å². The Hall–Kier alpha value is -0.590. The molecule has 2 nitrogen and oxygen atoms in total. The summed E-state index contributed by atoms with van der Waals surface area (Å²) in [6.07, 6.45) is 3.98. The van der Waals surface area contributed by atoms with Crippen LogP contribution < -0.4 is 10.6 Å².